The first-order valence-corrected chi connectivity index (χ1v) is 5.68. The Kier molecular flexibility index (Phi) is 3.75. The molecule has 0 saturated carbocycles. The van der Waals surface area contributed by atoms with E-state index in [2.05, 4.69) is 4.98 Å². The van der Waals surface area contributed by atoms with Crippen molar-refractivity contribution in [3.05, 3.63) is 36.0 Å². The summed E-state index contributed by atoms with van der Waals surface area (Å²) in [6.45, 7) is 0. The number of ether oxygens (including phenoxy) is 3. The standard InChI is InChI=1S/C14H15NO4/c1-17-10-6-9(7-11(8-10)18-2)13-12(4-5-15-13)14(16)19-3/h4-8,15H,1-3H3. The SMILES string of the molecule is COC(=O)c1cc[nH]c1-c1cc(OC)cc(OC)c1. The molecule has 0 aliphatic rings. The molecule has 0 fully saturated rings. The van der Waals surface area contributed by atoms with Gasteiger partial charge in [0.2, 0.25) is 0 Å². The fourth-order valence-corrected chi connectivity index (χ4v) is 1.84. The second kappa shape index (κ2) is 5.48. The van der Waals surface area contributed by atoms with Gasteiger partial charge in [0.05, 0.1) is 32.6 Å². The summed E-state index contributed by atoms with van der Waals surface area (Å²) in [4.78, 5) is 14.7. The molecule has 0 atom stereocenters. The number of carbonyl (C=O) groups is 1. The lowest BCUT2D eigenvalue weighted by Crippen LogP contribution is -2.01. The number of esters is 1. The second-order valence-electron chi connectivity index (χ2n) is 3.86. The molecular formula is C14H15NO4. The molecule has 0 saturated heterocycles. The Morgan fingerprint density at radius 2 is 1.68 bits per heavy atom. The van der Waals surface area contributed by atoms with Crippen molar-refractivity contribution >= 4 is 5.97 Å². The molecule has 1 aromatic heterocycles. The van der Waals surface area contributed by atoms with Gasteiger partial charge in [-0.2, -0.15) is 0 Å². The normalized spacial score (nSPS) is 10.1. The van der Waals surface area contributed by atoms with Gasteiger partial charge in [-0.05, 0) is 18.2 Å². The highest BCUT2D eigenvalue weighted by atomic mass is 16.5. The average molecular weight is 261 g/mol. The van der Waals surface area contributed by atoms with Gasteiger partial charge in [-0.15, -0.1) is 0 Å². The first-order valence-electron chi connectivity index (χ1n) is 5.68. The predicted molar refractivity (Wildman–Crippen MR) is 70.7 cm³/mol. The Bertz CT molecular complexity index is 567. The number of nitrogens with one attached hydrogen (secondary N) is 1. The van der Waals surface area contributed by atoms with Crippen molar-refractivity contribution < 1.29 is 19.0 Å². The molecular weight excluding hydrogens is 246 g/mol. The maximum Gasteiger partial charge on any atom is 0.340 e. The van der Waals surface area contributed by atoms with Crippen molar-refractivity contribution in [1.82, 2.24) is 4.98 Å². The van der Waals surface area contributed by atoms with Gasteiger partial charge in [-0.3, -0.25) is 0 Å². The van der Waals surface area contributed by atoms with Gasteiger partial charge in [-0.25, -0.2) is 4.79 Å². The van der Waals surface area contributed by atoms with Crippen molar-refractivity contribution in [3.8, 4) is 22.8 Å². The third-order valence-corrected chi connectivity index (χ3v) is 2.79. The zero-order valence-corrected chi connectivity index (χ0v) is 11.0. The third-order valence-electron chi connectivity index (χ3n) is 2.79. The molecule has 5 nitrogen and oxygen atoms in total. The minimum absolute atomic E-state index is 0.391. The van der Waals surface area contributed by atoms with Crippen molar-refractivity contribution in [3.63, 3.8) is 0 Å². The van der Waals surface area contributed by atoms with E-state index >= 15 is 0 Å². The van der Waals surface area contributed by atoms with Gasteiger partial charge in [0.15, 0.2) is 0 Å². The Balaban J connectivity index is 2.52. The van der Waals surface area contributed by atoms with E-state index in [0.29, 0.717) is 22.8 Å². The van der Waals surface area contributed by atoms with Crippen LogP contribution in [-0.2, 0) is 4.74 Å². The molecule has 0 radical (unpaired) electrons. The van der Waals surface area contributed by atoms with Crippen molar-refractivity contribution in [2.45, 2.75) is 0 Å². The van der Waals surface area contributed by atoms with Gasteiger partial charge >= 0.3 is 5.97 Å². The van der Waals surface area contributed by atoms with Crippen LogP contribution in [0.15, 0.2) is 30.5 Å². The molecule has 0 amide bonds. The molecule has 0 bridgehead atoms. The number of hydrogen-bond acceptors (Lipinski definition) is 4. The Labute approximate surface area is 111 Å². The summed E-state index contributed by atoms with van der Waals surface area (Å²) in [5.41, 5.74) is 1.93. The maximum absolute atomic E-state index is 11.7. The zero-order valence-electron chi connectivity index (χ0n) is 11.0. The largest absolute Gasteiger partial charge is 0.497 e. The van der Waals surface area contributed by atoms with E-state index < -0.39 is 5.97 Å². The lowest BCUT2D eigenvalue weighted by atomic mass is 10.1. The number of methoxy groups -OCH3 is 3. The molecule has 0 aliphatic heterocycles. The van der Waals surface area contributed by atoms with E-state index in [1.54, 1.807) is 32.5 Å². The van der Waals surface area contributed by atoms with Crippen LogP contribution in [0, 0.1) is 0 Å². The van der Waals surface area contributed by atoms with Crippen LogP contribution in [0.5, 0.6) is 11.5 Å². The average Bonchev–Trinajstić information content (AvgIpc) is 2.95. The minimum Gasteiger partial charge on any atom is -0.497 e. The Morgan fingerprint density at radius 1 is 1.05 bits per heavy atom. The van der Waals surface area contributed by atoms with Crippen LogP contribution >= 0.6 is 0 Å². The van der Waals surface area contributed by atoms with Crippen LogP contribution in [-0.4, -0.2) is 32.3 Å². The van der Waals surface area contributed by atoms with E-state index in [9.17, 15) is 4.79 Å². The molecule has 100 valence electrons. The molecule has 1 N–H and O–H groups in total. The van der Waals surface area contributed by atoms with Crippen LogP contribution in [0.1, 0.15) is 10.4 Å². The first kappa shape index (κ1) is 13.0. The number of rotatable bonds is 4. The van der Waals surface area contributed by atoms with Crippen molar-refractivity contribution in [1.29, 1.82) is 0 Å². The van der Waals surface area contributed by atoms with Crippen molar-refractivity contribution in [2.75, 3.05) is 21.3 Å². The molecule has 2 aromatic rings. The molecule has 2 rings (SSSR count). The van der Waals surface area contributed by atoms with Gasteiger partial charge in [-0.1, -0.05) is 0 Å². The predicted octanol–water partition coefficient (Wildman–Crippen LogP) is 2.49. The topological polar surface area (TPSA) is 60.6 Å². The van der Waals surface area contributed by atoms with Crippen LogP contribution in [0.3, 0.4) is 0 Å². The number of hydrogen-bond donors (Lipinski definition) is 1. The summed E-state index contributed by atoms with van der Waals surface area (Å²) < 4.78 is 15.2. The molecule has 5 heteroatoms. The Morgan fingerprint density at radius 3 is 2.21 bits per heavy atom. The van der Waals surface area contributed by atoms with Crippen LogP contribution in [0.25, 0.3) is 11.3 Å². The minimum atomic E-state index is -0.391. The molecule has 0 aliphatic carbocycles. The summed E-state index contributed by atoms with van der Waals surface area (Å²) in [5.74, 6) is 0.914. The zero-order chi connectivity index (χ0) is 13.8. The molecule has 1 heterocycles. The smallest absolute Gasteiger partial charge is 0.340 e. The molecule has 0 spiro atoms. The first-order chi connectivity index (χ1) is 9.19. The van der Waals surface area contributed by atoms with Crippen LogP contribution < -0.4 is 9.47 Å². The summed E-state index contributed by atoms with van der Waals surface area (Å²) in [6.07, 6.45) is 1.69. The number of H-pyrrole nitrogens is 1. The third kappa shape index (κ3) is 2.54. The summed E-state index contributed by atoms with van der Waals surface area (Å²) in [7, 11) is 4.51. The summed E-state index contributed by atoms with van der Waals surface area (Å²) in [6, 6.07) is 7.08. The van der Waals surface area contributed by atoms with Gasteiger partial charge in [0, 0.05) is 17.8 Å². The highest BCUT2D eigenvalue weighted by molar-refractivity contribution is 5.96. The fraction of sp³-hybridized carbons (Fsp3) is 0.214. The van der Waals surface area contributed by atoms with Crippen LogP contribution in [0.2, 0.25) is 0 Å². The lowest BCUT2D eigenvalue weighted by Gasteiger charge is -2.08. The summed E-state index contributed by atoms with van der Waals surface area (Å²) >= 11 is 0. The molecule has 19 heavy (non-hydrogen) atoms. The number of aromatic nitrogens is 1. The van der Waals surface area contributed by atoms with Gasteiger partial charge in [0.25, 0.3) is 0 Å². The van der Waals surface area contributed by atoms with E-state index in [1.165, 1.54) is 7.11 Å². The lowest BCUT2D eigenvalue weighted by molar-refractivity contribution is 0.0602. The molecule has 0 unspecified atom stereocenters. The van der Waals surface area contributed by atoms with Gasteiger partial charge in [0.1, 0.15) is 11.5 Å². The number of aromatic amines is 1. The second-order valence-corrected chi connectivity index (χ2v) is 3.86. The van der Waals surface area contributed by atoms with E-state index in [0.717, 1.165) is 5.56 Å². The highest BCUT2D eigenvalue weighted by Gasteiger charge is 2.15. The number of carbonyl (C=O) groups excluding carboxylic acids is 1. The number of benzene rings is 1. The maximum atomic E-state index is 11.7. The quantitative estimate of drug-likeness (QED) is 0.859. The van der Waals surface area contributed by atoms with Crippen LogP contribution in [0.4, 0.5) is 0 Å². The van der Waals surface area contributed by atoms with E-state index in [1.807, 2.05) is 12.1 Å². The van der Waals surface area contributed by atoms with Crippen molar-refractivity contribution in [2.24, 2.45) is 0 Å². The molecule has 1 aromatic carbocycles. The fourth-order valence-electron chi connectivity index (χ4n) is 1.84. The van der Waals surface area contributed by atoms with E-state index in [4.69, 9.17) is 14.2 Å². The summed E-state index contributed by atoms with van der Waals surface area (Å²) in [5, 5.41) is 0. The van der Waals surface area contributed by atoms with Gasteiger partial charge < -0.3 is 19.2 Å². The monoisotopic (exact) mass is 261 g/mol. The highest BCUT2D eigenvalue weighted by Crippen LogP contribution is 2.31. The van der Waals surface area contributed by atoms with E-state index in [-0.39, 0.29) is 0 Å². The Hall–Kier alpha value is -2.43.